The first-order valence-corrected chi connectivity index (χ1v) is 26.5. The Morgan fingerprint density at radius 2 is 1.65 bits per heavy atom. The minimum atomic E-state index is -4.09. The van der Waals surface area contributed by atoms with Gasteiger partial charge in [0.15, 0.2) is 11.6 Å². The number of aromatic nitrogens is 8. The minimum Gasteiger partial charge on any atom is -0.233 e. The standard InChI is InChI=1S/C43H34ClF8IN10O4S/c1-18-9-19(2)55-39(54-18)21-3-6-25-28(13-21)57-41(63(42(25)65)30-8-7-26(44)33-36(30)61(16-31(47)48)59-40(33)60-68(66,67)24-4-5-24)29(12-20-10-22(45)14-23(46)11-20)56-32(64)17-62-37-34(35(58-62)38(49)50)27-15-53(27)43(37,51)52/h3,6-11,13-14,24,27,29,31,38H,4-5,12,15-17H2,1-2H3,(H,56,64)(H,59,60)/t27?,29-/m0/s1. The van der Waals surface area contributed by atoms with Gasteiger partial charge < -0.3 is 0 Å². The number of alkyl halides is 9. The van der Waals surface area contributed by atoms with Crippen LogP contribution < -0.4 is 15.6 Å². The molecule has 25 heteroatoms. The number of anilines is 1. The van der Waals surface area contributed by atoms with Crippen LogP contribution in [0.5, 0.6) is 0 Å². The van der Waals surface area contributed by atoms with Crippen molar-refractivity contribution in [2.24, 2.45) is 0 Å². The number of rotatable bonds is 14. The Hall–Kier alpha value is -5.76. The van der Waals surface area contributed by atoms with Crippen LogP contribution in [0.1, 0.15) is 69.0 Å². The van der Waals surface area contributed by atoms with Gasteiger partial charge in [-0.05, 0) is 32.8 Å². The number of fused-ring (bicyclic) bond motifs is 5. The first-order valence-electron chi connectivity index (χ1n) is 20.7. The van der Waals surface area contributed by atoms with E-state index < -0.39 is 127 Å². The average molecular weight is 1100 g/mol. The third kappa shape index (κ3) is 8.23. The predicted molar refractivity (Wildman–Crippen MR) is 241 cm³/mol. The van der Waals surface area contributed by atoms with E-state index >= 15 is 13.6 Å². The Morgan fingerprint density at radius 3 is 2.31 bits per heavy atom. The first-order chi connectivity index (χ1) is 32.2. The summed E-state index contributed by atoms with van der Waals surface area (Å²) in [5.74, 6) is -3.83. The van der Waals surface area contributed by atoms with Gasteiger partial charge in [0.25, 0.3) is 6.43 Å². The average Bonchev–Trinajstić information content (AvgIpc) is 4.17. The number of nitrogens with zero attached hydrogens (tertiary/aromatic N) is 8. The number of hydrogen-bond donors (Lipinski definition) is 2. The van der Waals surface area contributed by atoms with E-state index in [2.05, 4.69) is 30.2 Å². The molecule has 1 amide bonds. The van der Waals surface area contributed by atoms with Crippen LogP contribution in [-0.2, 0) is 38.3 Å². The van der Waals surface area contributed by atoms with E-state index in [-0.39, 0.29) is 53.9 Å². The third-order valence-corrected chi connectivity index (χ3v) is 19.6. The van der Waals surface area contributed by atoms with Crippen LogP contribution >= 0.6 is 31.4 Å². The van der Waals surface area contributed by atoms with Gasteiger partial charge in [0, 0.05) is 11.4 Å². The molecular weight excluding hydrogens is 1070 g/mol. The van der Waals surface area contributed by atoms with Crippen molar-refractivity contribution in [3.05, 3.63) is 121 Å². The number of sulfonamides is 1. The van der Waals surface area contributed by atoms with Gasteiger partial charge in [-0.2, -0.15) is 5.10 Å². The van der Waals surface area contributed by atoms with Crippen LogP contribution in [0.2, 0.25) is 5.02 Å². The molecule has 0 bridgehead atoms. The summed E-state index contributed by atoms with van der Waals surface area (Å²) in [5, 5.41) is 9.27. The molecule has 7 aromatic rings. The second-order valence-corrected chi connectivity index (χ2v) is 25.0. The van der Waals surface area contributed by atoms with Gasteiger partial charge in [0.1, 0.15) is 6.54 Å². The van der Waals surface area contributed by atoms with Crippen molar-refractivity contribution in [1.82, 2.24) is 44.4 Å². The molecule has 0 spiro atoms. The number of amides is 1. The summed E-state index contributed by atoms with van der Waals surface area (Å²) in [7, 11) is -4.09. The summed E-state index contributed by atoms with van der Waals surface area (Å²) in [4.78, 5) is 43.3. The Labute approximate surface area is 391 Å². The predicted octanol–water partition coefficient (Wildman–Crippen LogP) is 8.77. The summed E-state index contributed by atoms with van der Waals surface area (Å²) in [5.41, 5.74) is -1.98. The van der Waals surface area contributed by atoms with Crippen LogP contribution in [0.3, 0.4) is 0 Å². The Kier molecular flexibility index (Phi) is 11.3. The Balaban J connectivity index is 1.20. The van der Waals surface area contributed by atoms with E-state index in [9.17, 15) is 39.6 Å². The summed E-state index contributed by atoms with van der Waals surface area (Å²) in [6.07, 6.45) is -6.25. The zero-order valence-corrected chi connectivity index (χ0v) is 39.0. The molecule has 3 aliphatic rings. The molecule has 1 aliphatic carbocycles. The van der Waals surface area contributed by atoms with E-state index in [1.807, 2.05) is 0 Å². The SMILES string of the molecule is Cc1cc(C)nc(-c2ccc3c(=O)n(-c4ccc(Cl)c5c(NS(=O)(=O)C6CC6)nn(CC(F)F)c45)c([C@H](Cc4cc(F)cc(F)c4)NC(=O)Cn4nc(C(F)F)c5c4C(F)(F)I4CC54)nc3c2)n1. The number of aryl methyl sites for hydroxylation is 2. The number of benzene rings is 3. The molecule has 10 rings (SSSR count). The Morgan fingerprint density at radius 1 is 0.941 bits per heavy atom. The molecule has 3 aromatic carbocycles. The molecular formula is C43H34ClF8IN10O4S. The summed E-state index contributed by atoms with van der Waals surface area (Å²) >= 11 is 3.63. The quantitative estimate of drug-likeness (QED) is 0.0614. The van der Waals surface area contributed by atoms with Crippen molar-refractivity contribution in [1.29, 1.82) is 0 Å². The molecule has 14 nitrogen and oxygen atoms in total. The summed E-state index contributed by atoms with van der Waals surface area (Å²) in [6.45, 7) is 1.29. The molecule has 2 N–H and O–H groups in total. The molecule has 2 fully saturated rings. The molecule has 68 heavy (non-hydrogen) atoms. The van der Waals surface area contributed by atoms with Gasteiger partial charge in [-0.1, -0.05) is 17.7 Å². The molecule has 1 saturated carbocycles. The molecule has 1 saturated heterocycles. The molecule has 0 radical (unpaired) electrons. The number of hydrogen-bond acceptors (Lipinski definition) is 9. The van der Waals surface area contributed by atoms with Crippen molar-refractivity contribution in [3.8, 4) is 17.1 Å². The fourth-order valence-electron chi connectivity index (χ4n) is 8.66. The molecule has 2 aliphatic heterocycles. The van der Waals surface area contributed by atoms with Gasteiger partial charge in [-0.3, -0.25) is 4.72 Å². The van der Waals surface area contributed by atoms with Crippen LogP contribution in [-0.4, -0.2) is 69.5 Å². The molecule has 356 valence electrons. The normalized spacial score (nSPS) is 17.3. The van der Waals surface area contributed by atoms with Crippen LogP contribution in [0.25, 0.3) is 38.9 Å². The topological polar surface area (TPSA) is 172 Å². The smallest absolute Gasteiger partial charge is 0.233 e. The van der Waals surface area contributed by atoms with Gasteiger partial charge in [0.2, 0.25) is 10.0 Å². The largest absolute Gasteiger partial charge is 0.233 e. The maximum absolute atomic E-state index is 15.7. The van der Waals surface area contributed by atoms with Crippen LogP contribution in [0, 0.1) is 25.5 Å². The molecule has 6 heterocycles. The van der Waals surface area contributed by atoms with Crippen molar-refractivity contribution in [2.45, 2.75) is 78.2 Å². The van der Waals surface area contributed by atoms with E-state index in [0.29, 0.717) is 40.5 Å². The number of nitrogens with one attached hydrogen (secondary N) is 2. The van der Waals surface area contributed by atoms with Gasteiger partial charge >= 0.3 is 250 Å². The van der Waals surface area contributed by atoms with Crippen LogP contribution in [0.4, 0.5) is 40.9 Å². The molecule has 2 atom stereocenters. The van der Waals surface area contributed by atoms with E-state index in [1.165, 1.54) is 30.3 Å². The van der Waals surface area contributed by atoms with E-state index in [4.69, 9.17) is 16.6 Å². The van der Waals surface area contributed by atoms with Crippen molar-refractivity contribution in [3.63, 3.8) is 0 Å². The van der Waals surface area contributed by atoms with Crippen LogP contribution in [0.15, 0.2) is 59.4 Å². The van der Waals surface area contributed by atoms with Gasteiger partial charge in [0.05, 0.1) is 10.3 Å². The van der Waals surface area contributed by atoms with Crippen molar-refractivity contribution < 1.29 is 48.3 Å². The summed E-state index contributed by atoms with van der Waals surface area (Å²) < 4.78 is 145. The van der Waals surface area contributed by atoms with Crippen molar-refractivity contribution in [2.75, 3.05) is 9.15 Å². The Bertz CT molecular complexity index is 3400. The second kappa shape index (κ2) is 16.7. The second-order valence-electron chi connectivity index (χ2n) is 16.6. The number of carbonyl (C=O) groups is 1. The van der Waals surface area contributed by atoms with Gasteiger partial charge in [-0.15, -0.1) is 0 Å². The molecule has 4 aromatic heterocycles. The first kappa shape index (κ1) is 46.0. The van der Waals surface area contributed by atoms with E-state index in [0.717, 1.165) is 21.4 Å². The minimum absolute atomic E-state index is 0.0497. The fraction of sp³-hybridized carbons (Fsp3) is 0.326. The number of halogens is 10. The van der Waals surface area contributed by atoms with Crippen molar-refractivity contribution >= 4 is 75.0 Å². The maximum Gasteiger partial charge on any atom is -0.233 e. The number of carbonyl (C=O) groups excluding carboxylic acids is 1. The zero-order valence-electron chi connectivity index (χ0n) is 35.2. The zero-order chi connectivity index (χ0) is 48.3. The summed E-state index contributed by atoms with van der Waals surface area (Å²) in [6, 6.07) is 9.34. The van der Waals surface area contributed by atoms with Gasteiger partial charge in [-0.25, -0.2) is 27.2 Å². The monoisotopic (exact) mass is 1100 g/mol. The third-order valence-electron chi connectivity index (χ3n) is 11.6. The fourth-order valence-corrected chi connectivity index (χ4v) is 16.5. The van der Waals surface area contributed by atoms with E-state index in [1.54, 1.807) is 19.9 Å². The molecule has 1 unspecified atom stereocenters. The maximum atomic E-state index is 15.7.